The van der Waals surface area contributed by atoms with Gasteiger partial charge in [0.15, 0.2) is 0 Å². The number of para-hydroxylation sites is 1. The fraction of sp³-hybridized carbons (Fsp3) is 0.280. The average molecular weight is 453 g/mol. The number of aromatic nitrogens is 2. The lowest BCUT2D eigenvalue weighted by Crippen LogP contribution is -2.13. The molecule has 0 unspecified atom stereocenters. The molecule has 0 N–H and O–H groups in total. The second kappa shape index (κ2) is 8.52. The normalized spacial score (nSPS) is 14.5. The SMILES string of the molecule is O=C(OCC1CCCC1)c1cc2c3ccccc3n(Cc3cc(Cl)ccc3Cl)c2cn1. The van der Waals surface area contributed by atoms with Crippen LogP contribution in [0.3, 0.4) is 0 Å². The number of esters is 1. The van der Waals surface area contributed by atoms with Gasteiger partial charge in [-0.25, -0.2) is 9.78 Å². The van der Waals surface area contributed by atoms with Crippen molar-refractivity contribution in [3.05, 3.63) is 76.0 Å². The van der Waals surface area contributed by atoms with E-state index in [1.165, 1.54) is 12.8 Å². The molecule has 31 heavy (non-hydrogen) atoms. The van der Waals surface area contributed by atoms with E-state index in [0.717, 1.165) is 40.2 Å². The summed E-state index contributed by atoms with van der Waals surface area (Å²) >= 11 is 12.6. The molecule has 1 aliphatic carbocycles. The smallest absolute Gasteiger partial charge is 0.356 e. The number of ether oxygens (including phenoxy) is 1. The van der Waals surface area contributed by atoms with Crippen LogP contribution in [0.4, 0.5) is 0 Å². The first-order chi connectivity index (χ1) is 15.1. The van der Waals surface area contributed by atoms with Crippen LogP contribution in [-0.2, 0) is 11.3 Å². The van der Waals surface area contributed by atoms with E-state index in [1.54, 1.807) is 12.3 Å². The quantitative estimate of drug-likeness (QED) is 0.309. The minimum Gasteiger partial charge on any atom is -0.461 e. The van der Waals surface area contributed by atoms with E-state index in [2.05, 4.69) is 21.7 Å². The highest BCUT2D eigenvalue weighted by molar-refractivity contribution is 6.33. The maximum Gasteiger partial charge on any atom is 0.356 e. The molecule has 0 atom stereocenters. The topological polar surface area (TPSA) is 44.1 Å². The van der Waals surface area contributed by atoms with Crippen molar-refractivity contribution in [2.75, 3.05) is 6.61 Å². The Balaban J connectivity index is 1.52. The van der Waals surface area contributed by atoms with Gasteiger partial charge in [0.1, 0.15) is 5.69 Å². The van der Waals surface area contributed by atoms with Crippen molar-refractivity contribution in [2.45, 2.75) is 32.2 Å². The summed E-state index contributed by atoms with van der Waals surface area (Å²) in [6, 6.07) is 15.4. The van der Waals surface area contributed by atoms with E-state index in [0.29, 0.717) is 34.8 Å². The molecule has 6 heteroatoms. The largest absolute Gasteiger partial charge is 0.461 e. The molecule has 0 aliphatic heterocycles. The highest BCUT2D eigenvalue weighted by Crippen LogP contribution is 2.32. The Hall–Kier alpha value is -2.56. The minimum absolute atomic E-state index is 0.342. The second-order valence-electron chi connectivity index (χ2n) is 8.17. The third-order valence-electron chi connectivity index (χ3n) is 6.13. The Labute approximate surface area is 190 Å². The highest BCUT2D eigenvalue weighted by Gasteiger charge is 2.20. The van der Waals surface area contributed by atoms with Crippen molar-refractivity contribution in [2.24, 2.45) is 5.92 Å². The van der Waals surface area contributed by atoms with Crippen LogP contribution in [0.25, 0.3) is 21.8 Å². The van der Waals surface area contributed by atoms with Crippen LogP contribution in [0.2, 0.25) is 10.0 Å². The van der Waals surface area contributed by atoms with Gasteiger partial charge in [-0.1, -0.05) is 54.2 Å². The Kier molecular flexibility index (Phi) is 5.59. The standard InChI is InChI=1S/C25H22Cl2N2O2/c26-18-9-10-21(27)17(11-18)14-29-23-8-4-3-7-19(23)20-12-22(28-13-24(20)29)25(30)31-15-16-5-1-2-6-16/h3-4,7-13,16H,1-2,5-6,14-15H2. The number of rotatable bonds is 5. The summed E-state index contributed by atoms with van der Waals surface area (Å²) in [6.45, 7) is 1.03. The van der Waals surface area contributed by atoms with Gasteiger partial charge >= 0.3 is 5.97 Å². The molecule has 0 amide bonds. The minimum atomic E-state index is -0.358. The number of fused-ring (bicyclic) bond motifs is 3. The van der Waals surface area contributed by atoms with Crippen LogP contribution >= 0.6 is 23.2 Å². The molecule has 4 nitrogen and oxygen atoms in total. The number of benzene rings is 2. The molecule has 0 saturated heterocycles. The zero-order valence-electron chi connectivity index (χ0n) is 17.0. The lowest BCUT2D eigenvalue weighted by Gasteiger charge is -2.11. The number of pyridine rings is 1. The monoisotopic (exact) mass is 452 g/mol. The fourth-order valence-electron chi connectivity index (χ4n) is 4.51. The van der Waals surface area contributed by atoms with Gasteiger partial charge < -0.3 is 9.30 Å². The number of hydrogen-bond acceptors (Lipinski definition) is 3. The zero-order chi connectivity index (χ0) is 21.4. The Morgan fingerprint density at radius 3 is 2.68 bits per heavy atom. The van der Waals surface area contributed by atoms with E-state index in [1.807, 2.05) is 30.3 Å². The summed E-state index contributed by atoms with van der Waals surface area (Å²) in [6.07, 6.45) is 6.48. The molecular formula is C25H22Cl2N2O2. The third kappa shape index (κ3) is 4.02. The van der Waals surface area contributed by atoms with Crippen molar-refractivity contribution in [3.63, 3.8) is 0 Å². The van der Waals surface area contributed by atoms with Crippen molar-refractivity contribution >= 4 is 51.0 Å². The molecule has 2 aromatic heterocycles. The maximum atomic E-state index is 12.6. The predicted octanol–water partition coefficient (Wildman–Crippen LogP) is 6.89. The van der Waals surface area contributed by atoms with Crippen LogP contribution in [0, 0.1) is 5.92 Å². The van der Waals surface area contributed by atoms with Crippen molar-refractivity contribution in [3.8, 4) is 0 Å². The van der Waals surface area contributed by atoms with Crippen LogP contribution < -0.4 is 0 Å². The van der Waals surface area contributed by atoms with Gasteiger partial charge in [0.25, 0.3) is 0 Å². The summed E-state index contributed by atoms with van der Waals surface area (Å²) < 4.78 is 7.72. The summed E-state index contributed by atoms with van der Waals surface area (Å²) in [5, 5.41) is 3.33. The summed E-state index contributed by atoms with van der Waals surface area (Å²) in [5.41, 5.74) is 3.25. The Morgan fingerprint density at radius 1 is 1.03 bits per heavy atom. The number of halogens is 2. The maximum absolute atomic E-state index is 12.6. The number of hydrogen-bond donors (Lipinski definition) is 0. The molecular weight excluding hydrogens is 431 g/mol. The molecule has 1 saturated carbocycles. The van der Waals surface area contributed by atoms with Crippen LogP contribution in [0.5, 0.6) is 0 Å². The fourth-order valence-corrected chi connectivity index (χ4v) is 4.88. The van der Waals surface area contributed by atoms with E-state index < -0.39 is 0 Å². The van der Waals surface area contributed by atoms with E-state index >= 15 is 0 Å². The molecule has 0 spiro atoms. The van der Waals surface area contributed by atoms with Crippen molar-refractivity contribution < 1.29 is 9.53 Å². The number of carbonyl (C=O) groups is 1. The number of nitrogens with zero attached hydrogens (tertiary/aromatic N) is 2. The number of carbonyl (C=O) groups excluding carboxylic acids is 1. The van der Waals surface area contributed by atoms with Gasteiger partial charge in [0.05, 0.1) is 18.3 Å². The molecule has 0 radical (unpaired) electrons. The lowest BCUT2D eigenvalue weighted by atomic mass is 10.1. The molecule has 1 fully saturated rings. The van der Waals surface area contributed by atoms with Gasteiger partial charge in [-0.2, -0.15) is 0 Å². The van der Waals surface area contributed by atoms with Crippen LogP contribution in [-0.4, -0.2) is 22.1 Å². The molecule has 2 aromatic carbocycles. The summed E-state index contributed by atoms with van der Waals surface area (Å²) in [4.78, 5) is 17.1. The van der Waals surface area contributed by atoms with E-state index in [-0.39, 0.29) is 5.97 Å². The average Bonchev–Trinajstić information content (AvgIpc) is 3.41. The first-order valence-electron chi connectivity index (χ1n) is 10.6. The van der Waals surface area contributed by atoms with Crippen molar-refractivity contribution in [1.29, 1.82) is 0 Å². The highest BCUT2D eigenvalue weighted by atomic mass is 35.5. The van der Waals surface area contributed by atoms with Crippen molar-refractivity contribution in [1.82, 2.24) is 9.55 Å². The first kappa shape index (κ1) is 20.3. The van der Waals surface area contributed by atoms with Gasteiger partial charge in [-0.05, 0) is 54.7 Å². The molecule has 2 heterocycles. The van der Waals surface area contributed by atoms with Crippen LogP contribution in [0.15, 0.2) is 54.7 Å². The third-order valence-corrected chi connectivity index (χ3v) is 6.73. The molecule has 4 aromatic rings. The Morgan fingerprint density at radius 2 is 1.84 bits per heavy atom. The van der Waals surface area contributed by atoms with Gasteiger partial charge in [0.2, 0.25) is 0 Å². The Bertz CT molecular complexity index is 1280. The second-order valence-corrected chi connectivity index (χ2v) is 9.02. The summed E-state index contributed by atoms with van der Waals surface area (Å²) in [7, 11) is 0. The lowest BCUT2D eigenvalue weighted by molar-refractivity contribution is 0.0436. The summed E-state index contributed by atoms with van der Waals surface area (Å²) in [5.74, 6) is 0.126. The zero-order valence-corrected chi connectivity index (χ0v) is 18.5. The molecule has 5 rings (SSSR count). The van der Waals surface area contributed by atoms with E-state index in [9.17, 15) is 4.79 Å². The first-order valence-corrected chi connectivity index (χ1v) is 11.3. The van der Waals surface area contributed by atoms with Gasteiger partial charge in [0, 0.05) is 32.9 Å². The molecule has 1 aliphatic rings. The van der Waals surface area contributed by atoms with Gasteiger partial charge in [-0.3, -0.25) is 0 Å². The van der Waals surface area contributed by atoms with E-state index in [4.69, 9.17) is 27.9 Å². The van der Waals surface area contributed by atoms with Gasteiger partial charge in [-0.15, -0.1) is 0 Å². The van der Waals surface area contributed by atoms with Crippen LogP contribution in [0.1, 0.15) is 41.7 Å². The predicted molar refractivity (Wildman–Crippen MR) is 125 cm³/mol. The molecule has 158 valence electrons. The molecule has 0 bridgehead atoms.